The summed E-state index contributed by atoms with van der Waals surface area (Å²) in [5.41, 5.74) is 0.344. The van der Waals surface area contributed by atoms with Gasteiger partial charge in [0.25, 0.3) is 0 Å². The van der Waals surface area contributed by atoms with Crippen molar-refractivity contribution in [3.63, 3.8) is 0 Å². The summed E-state index contributed by atoms with van der Waals surface area (Å²) in [6.07, 6.45) is -2.52. The highest BCUT2D eigenvalue weighted by atomic mass is 19.4. The molecule has 0 spiro atoms. The Kier molecular flexibility index (Phi) is 1.99. The number of fused-ring (bicyclic) bond motifs is 1. The van der Waals surface area contributed by atoms with Gasteiger partial charge >= 0.3 is 12.0 Å². The lowest BCUT2D eigenvalue weighted by molar-refractivity contribution is -0.370. The Balaban J connectivity index is 2.25. The monoisotopic (exact) mass is 209 g/mol. The van der Waals surface area contributed by atoms with Crippen molar-refractivity contribution in [1.82, 2.24) is 0 Å². The standard InChI is InChI=1S/C8H10F3NO2/c9-8(10,11)7(13)5-3-1-2-4-6(5)12-14-7/h5,13H,1-4H2/t5-,7-/m1/s1. The number of rotatable bonds is 0. The molecule has 0 bridgehead atoms. The van der Waals surface area contributed by atoms with Crippen LogP contribution in [0.5, 0.6) is 0 Å². The summed E-state index contributed by atoms with van der Waals surface area (Å²) in [5, 5.41) is 12.7. The minimum Gasteiger partial charge on any atom is -0.350 e. The molecule has 1 saturated carbocycles. The van der Waals surface area contributed by atoms with Crippen LogP contribution in [0.1, 0.15) is 25.7 Å². The summed E-state index contributed by atoms with van der Waals surface area (Å²) in [6, 6.07) is 0. The molecule has 0 radical (unpaired) electrons. The summed E-state index contributed by atoms with van der Waals surface area (Å²) in [4.78, 5) is 4.17. The first kappa shape index (κ1) is 9.76. The Morgan fingerprint density at radius 1 is 1.43 bits per heavy atom. The molecule has 2 aliphatic rings. The molecule has 0 saturated heterocycles. The van der Waals surface area contributed by atoms with Gasteiger partial charge in [-0.3, -0.25) is 0 Å². The minimum absolute atomic E-state index is 0.287. The number of oxime groups is 1. The van der Waals surface area contributed by atoms with Crippen molar-refractivity contribution in [1.29, 1.82) is 0 Å². The summed E-state index contributed by atoms with van der Waals surface area (Å²) in [5.74, 6) is -4.08. The first-order chi connectivity index (χ1) is 6.45. The Bertz CT molecular complexity index is 276. The zero-order valence-corrected chi connectivity index (χ0v) is 7.34. The van der Waals surface area contributed by atoms with E-state index in [0.29, 0.717) is 18.6 Å². The van der Waals surface area contributed by atoms with Crippen LogP contribution in [0.25, 0.3) is 0 Å². The van der Waals surface area contributed by atoms with E-state index in [1.807, 2.05) is 0 Å². The second kappa shape index (κ2) is 2.85. The van der Waals surface area contributed by atoms with Crippen LogP contribution in [-0.4, -0.2) is 22.8 Å². The summed E-state index contributed by atoms with van der Waals surface area (Å²) in [6.45, 7) is 0. The van der Waals surface area contributed by atoms with Gasteiger partial charge in [-0.2, -0.15) is 13.2 Å². The number of nitrogens with zero attached hydrogens (tertiary/aromatic N) is 1. The number of halogens is 3. The second-order valence-electron chi connectivity index (χ2n) is 3.67. The van der Waals surface area contributed by atoms with Crippen molar-refractivity contribution in [2.24, 2.45) is 11.1 Å². The van der Waals surface area contributed by atoms with Crippen molar-refractivity contribution in [3.8, 4) is 0 Å². The van der Waals surface area contributed by atoms with Gasteiger partial charge < -0.3 is 9.94 Å². The molecule has 6 heteroatoms. The molecule has 1 heterocycles. The average Bonchev–Trinajstić information content (AvgIpc) is 2.45. The van der Waals surface area contributed by atoms with E-state index in [1.165, 1.54) is 0 Å². The molecule has 3 nitrogen and oxygen atoms in total. The molecule has 0 unspecified atom stereocenters. The third-order valence-corrected chi connectivity index (χ3v) is 2.76. The maximum Gasteiger partial charge on any atom is 0.458 e. The number of hydrogen-bond acceptors (Lipinski definition) is 3. The van der Waals surface area contributed by atoms with Crippen molar-refractivity contribution >= 4 is 5.71 Å². The Morgan fingerprint density at radius 3 is 2.79 bits per heavy atom. The first-order valence-corrected chi connectivity index (χ1v) is 4.49. The maximum absolute atomic E-state index is 12.5. The van der Waals surface area contributed by atoms with Crippen LogP contribution in [0.15, 0.2) is 5.16 Å². The zero-order chi connectivity index (χ0) is 10.4. The van der Waals surface area contributed by atoms with Crippen LogP contribution >= 0.6 is 0 Å². The zero-order valence-electron chi connectivity index (χ0n) is 7.34. The lowest BCUT2D eigenvalue weighted by Crippen LogP contribution is -2.52. The van der Waals surface area contributed by atoms with Crippen LogP contribution in [0.4, 0.5) is 13.2 Å². The summed E-state index contributed by atoms with van der Waals surface area (Å²) >= 11 is 0. The first-order valence-electron chi connectivity index (χ1n) is 4.49. The van der Waals surface area contributed by atoms with E-state index < -0.39 is 17.9 Å². The molecule has 80 valence electrons. The van der Waals surface area contributed by atoms with E-state index in [1.54, 1.807) is 0 Å². The summed E-state index contributed by atoms with van der Waals surface area (Å²) < 4.78 is 37.4. The van der Waals surface area contributed by atoms with Crippen LogP contribution in [-0.2, 0) is 4.84 Å². The van der Waals surface area contributed by atoms with Gasteiger partial charge in [0.05, 0.1) is 11.6 Å². The van der Waals surface area contributed by atoms with E-state index in [2.05, 4.69) is 9.99 Å². The highest BCUT2D eigenvalue weighted by Gasteiger charge is 2.66. The van der Waals surface area contributed by atoms with Crippen molar-refractivity contribution in [3.05, 3.63) is 0 Å². The van der Waals surface area contributed by atoms with Crippen molar-refractivity contribution in [2.75, 3.05) is 0 Å². The predicted molar refractivity (Wildman–Crippen MR) is 41.5 cm³/mol. The Labute approximate surface area is 78.5 Å². The Hall–Kier alpha value is -0.780. The molecule has 1 aliphatic heterocycles. The molecule has 0 aromatic heterocycles. The second-order valence-corrected chi connectivity index (χ2v) is 3.67. The fourth-order valence-electron chi connectivity index (χ4n) is 1.97. The Morgan fingerprint density at radius 2 is 2.14 bits per heavy atom. The van der Waals surface area contributed by atoms with E-state index >= 15 is 0 Å². The fraction of sp³-hybridized carbons (Fsp3) is 0.875. The SMILES string of the molecule is O[C@@]1(C(F)(F)F)ON=C2CCCC[C@H]21. The molecular formula is C8H10F3NO2. The van der Waals surface area contributed by atoms with Gasteiger partial charge in [0.15, 0.2) is 0 Å². The lowest BCUT2D eigenvalue weighted by Gasteiger charge is -2.31. The molecule has 2 atom stereocenters. The van der Waals surface area contributed by atoms with E-state index in [-0.39, 0.29) is 6.42 Å². The third-order valence-electron chi connectivity index (χ3n) is 2.76. The van der Waals surface area contributed by atoms with Crippen LogP contribution < -0.4 is 0 Å². The van der Waals surface area contributed by atoms with Gasteiger partial charge in [0.2, 0.25) is 0 Å². The molecule has 2 rings (SSSR count). The molecule has 14 heavy (non-hydrogen) atoms. The minimum atomic E-state index is -4.78. The molecular weight excluding hydrogens is 199 g/mol. The molecule has 1 N–H and O–H groups in total. The largest absolute Gasteiger partial charge is 0.458 e. The van der Waals surface area contributed by atoms with Crippen molar-refractivity contribution in [2.45, 2.75) is 37.6 Å². The number of aliphatic hydroxyl groups is 1. The maximum atomic E-state index is 12.5. The van der Waals surface area contributed by atoms with E-state index in [0.717, 1.165) is 6.42 Å². The number of hydrogen-bond donors (Lipinski definition) is 1. The fourth-order valence-corrected chi connectivity index (χ4v) is 1.97. The van der Waals surface area contributed by atoms with Crippen LogP contribution in [0, 0.1) is 5.92 Å². The average molecular weight is 209 g/mol. The van der Waals surface area contributed by atoms with Gasteiger partial charge in [-0.1, -0.05) is 11.6 Å². The molecule has 0 aromatic carbocycles. The van der Waals surface area contributed by atoms with Gasteiger partial charge in [-0.25, -0.2) is 0 Å². The van der Waals surface area contributed by atoms with E-state index in [9.17, 15) is 18.3 Å². The molecule has 0 amide bonds. The topological polar surface area (TPSA) is 41.8 Å². The van der Waals surface area contributed by atoms with Gasteiger partial charge in [0.1, 0.15) is 0 Å². The van der Waals surface area contributed by atoms with Gasteiger partial charge in [0, 0.05) is 0 Å². The van der Waals surface area contributed by atoms with Crippen LogP contribution in [0.2, 0.25) is 0 Å². The van der Waals surface area contributed by atoms with Crippen LogP contribution in [0.3, 0.4) is 0 Å². The number of alkyl halides is 3. The quantitative estimate of drug-likeness (QED) is 0.661. The van der Waals surface area contributed by atoms with Crippen molar-refractivity contribution < 1.29 is 23.1 Å². The highest BCUT2D eigenvalue weighted by Crippen LogP contribution is 2.46. The normalized spacial score (nSPS) is 37.4. The molecule has 0 aromatic rings. The third kappa shape index (κ3) is 1.20. The molecule has 1 fully saturated rings. The lowest BCUT2D eigenvalue weighted by atomic mass is 9.82. The van der Waals surface area contributed by atoms with Gasteiger partial charge in [-0.05, 0) is 19.3 Å². The highest BCUT2D eigenvalue weighted by molar-refractivity contribution is 5.89. The predicted octanol–water partition coefficient (Wildman–Crippen LogP) is 1.81. The van der Waals surface area contributed by atoms with E-state index in [4.69, 9.17) is 0 Å². The molecule has 1 aliphatic carbocycles. The van der Waals surface area contributed by atoms with Gasteiger partial charge in [-0.15, -0.1) is 0 Å². The smallest absolute Gasteiger partial charge is 0.350 e. The summed E-state index contributed by atoms with van der Waals surface area (Å²) in [7, 11) is 0.